The molecule has 6 heteroatoms. The van der Waals surface area contributed by atoms with Gasteiger partial charge in [0.15, 0.2) is 0 Å². The molecule has 0 saturated heterocycles. The molecule has 1 aliphatic rings. The molecular formula is C14H12FN3O2. The number of ketones is 1. The van der Waals surface area contributed by atoms with Crippen LogP contribution in [0, 0.1) is 12.7 Å². The maximum Gasteiger partial charge on any atom is 0.299 e. The molecule has 1 amide bonds. The zero-order chi connectivity index (χ0) is 14.4. The monoisotopic (exact) mass is 273 g/mol. The first kappa shape index (κ1) is 12.5. The number of carbonyl (C=O) groups excluding carboxylic acids is 2. The van der Waals surface area contributed by atoms with Crippen molar-refractivity contribution in [2.45, 2.75) is 13.5 Å². The average Bonchev–Trinajstić information content (AvgIpc) is 2.88. The van der Waals surface area contributed by atoms with Gasteiger partial charge in [-0.15, -0.1) is 0 Å². The molecule has 20 heavy (non-hydrogen) atoms. The number of carbonyl (C=O) groups is 2. The van der Waals surface area contributed by atoms with Gasteiger partial charge in [-0.3, -0.25) is 14.5 Å². The van der Waals surface area contributed by atoms with Crippen molar-refractivity contribution in [3.63, 3.8) is 0 Å². The summed E-state index contributed by atoms with van der Waals surface area (Å²) in [6.45, 7) is 1.75. The molecule has 2 aromatic rings. The third-order valence-corrected chi connectivity index (χ3v) is 3.38. The minimum Gasteiger partial charge on any atom is -0.337 e. The van der Waals surface area contributed by atoms with Gasteiger partial charge in [0.05, 0.1) is 17.8 Å². The third-order valence-electron chi connectivity index (χ3n) is 3.38. The summed E-state index contributed by atoms with van der Waals surface area (Å²) < 4.78 is 15.8. The maximum absolute atomic E-state index is 14.1. The van der Waals surface area contributed by atoms with E-state index < -0.39 is 17.5 Å². The molecule has 2 heterocycles. The van der Waals surface area contributed by atoms with Crippen LogP contribution in [0.5, 0.6) is 0 Å². The van der Waals surface area contributed by atoms with Gasteiger partial charge in [0.1, 0.15) is 11.6 Å². The number of fused-ring (bicyclic) bond motifs is 1. The first-order valence-electron chi connectivity index (χ1n) is 6.11. The topological polar surface area (TPSA) is 55.2 Å². The third kappa shape index (κ3) is 1.72. The number of rotatable bonds is 2. The Bertz CT molecular complexity index is 736. The molecule has 0 atom stereocenters. The highest BCUT2D eigenvalue weighted by Crippen LogP contribution is 2.33. The van der Waals surface area contributed by atoms with E-state index in [1.54, 1.807) is 30.9 Å². The molecule has 0 bridgehead atoms. The number of aromatic nitrogens is 2. The van der Waals surface area contributed by atoms with Gasteiger partial charge in [0, 0.05) is 19.4 Å². The van der Waals surface area contributed by atoms with Crippen molar-refractivity contribution in [3.8, 4) is 0 Å². The van der Waals surface area contributed by atoms with Gasteiger partial charge < -0.3 is 4.57 Å². The quantitative estimate of drug-likeness (QED) is 0.781. The SMILES string of the molecule is Cc1cc(F)c2c(c1)C(=O)C(=O)N2Cc1nccn1C. The van der Waals surface area contributed by atoms with E-state index in [0.29, 0.717) is 11.4 Å². The molecule has 1 aromatic carbocycles. The van der Waals surface area contributed by atoms with Crippen LogP contribution in [-0.2, 0) is 18.4 Å². The highest BCUT2D eigenvalue weighted by atomic mass is 19.1. The van der Waals surface area contributed by atoms with Crippen LogP contribution in [0.25, 0.3) is 0 Å². The summed E-state index contributed by atoms with van der Waals surface area (Å²) in [5.74, 6) is -1.36. The molecule has 0 spiro atoms. The smallest absolute Gasteiger partial charge is 0.299 e. The number of benzene rings is 1. The summed E-state index contributed by atoms with van der Waals surface area (Å²) in [5, 5.41) is 0. The fraction of sp³-hybridized carbons (Fsp3) is 0.214. The van der Waals surface area contributed by atoms with Crippen molar-refractivity contribution >= 4 is 17.4 Å². The second kappa shape index (κ2) is 4.26. The number of aryl methyl sites for hydroxylation is 2. The number of halogens is 1. The predicted molar refractivity (Wildman–Crippen MR) is 69.9 cm³/mol. The summed E-state index contributed by atoms with van der Waals surface area (Å²) in [6.07, 6.45) is 3.31. The van der Waals surface area contributed by atoms with Gasteiger partial charge in [0.2, 0.25) is 0 Å². The van der Waals surface area contributed by atoms with Crippen molar-refractivity contribution in [3.05, 3.63) is 47.3 Å². The van der Waals surface area contributed by atoms with E-state index in [2.05, 4.69) is 4.98 Å². The molecule has 1 aliphatic heterocycles. The number of Topliss-reactive ketones (excluding diaryl/α,β-unsaturated/α-hetero) is 1. The Balaban J connectivity index is 2.09. The van der Waals surface area contributed by atoms with E-state index in [1.807, 2.05) is 0 Å². The van der Waals surface area contributed by atoms with Crippen molar-refractivity contribution in [2.24, 2.45) is 7.05 Å². The molecule has 3 rings (SSSR count). The molecule has 0 fully saturated rings. The fourth-order valence-electron chi connectivity index (χ4n) is 2.36. The molecule has 1 aromatic heterocycles. The van der Waals surface area contributed by atoms with Gasteiger partial charge in [-0.05, 0) is 24.6 Å². The predicted octanol–water partition coefficient (Wildman–Crippen LogP) is 1.60. The van der Waals surface area contributed by atoms with Crippen LogP contribution >= 0.6 is 0 Å². The molecule has 0 unspecified atom stereocenters. The normalized spacial score (nSPS) is 14.1. The lowest BCUT2D eigenvalue weighted by Crippen LogP contribution is -2.30. The molecule has 0 N–H and O–H groups in total. The van der Waals surface area contributed by atoms with Crippen LogP contribution in [0.15, 0.2) is 24.5 Å². The number of hydrogen-bond acceptors (Lipinski definition) is 3. The molecule has 0 radical (unpaired) electrons. The highest BCUT2D eigenvalue weighted by Gasteiger charge is 2.38. The zero-order valence-electron chi connectivity index (χ0n) is 11.1. The number of hydrogen-bond donors (Lipinski definition) is 0. The Morgan fingerprint density at radius 1 is 1.30 bits per heavy atom. The van der Waals surface area contributed by atoms with Crippen molar-refractivity contribution < 1.29 is 14.0 Å². The minimum atomic E-state index is -0.715. The van der Waals surface area contributed by atoms with E-state index in [-0.39, 0.29) is 17.8 Å². The summed E-state index contributed by atoms with van der Waals surface area (Å²) in [5.41, 5.74) is 0.788. The van der Waals surface area contributed by atoms with Crippen LogP contribution in [0.1, 0.15) is 21.7 Å². The number of nitrogens with zero attached hydrogens (tertiary/aromatic N) is 3. The van der Waals surface area contributed by atoms with Crippen LogP contribution in [0.2, 0.25) is 0 Å². The lowest BCUT2D eigenvalue weighted by molar-refractivity contribution is -0.114. The molecule has 0 saturated carbocycles. The van der Waals surface area contributed by atoms with Gasteiger partial charge in [-0.1, -0.05) is 0 Å². The second-order valence-corrected chi connectivity index (χ2v) is 4.82. The van der Waals surface area contributed by atoms with E-state index in [0.717, 1.165) is 4.90 Å². The van der Waals surface area contributed by atoms with Crippen LogP contribution in [0.4, 0.5) is 10.1 Å². The second-order valence-electron chi connectivity index (χ2n) is 4.82. The Morgan fingerprint density at radius 2 is 2.05 bits per heavy atom. The first-order chi connectivity index (χ1) is 9.49. The summed E-state index contributed by atoms with van der Waals surface area (Å²) in [6, 6.07) is 2.85. The van der Waals surface area contributed by atoms with E-state index in [1.165, 1.54) is 12.1 Å². The van der Waals surface area contributed by atoms with Crippen molar-refractivity contribution in [1.29, 1.82) is 0 Å². The highest BCUT2D eigenvalue weighted by molar-refractivity contribution is 6.52. The summed E-state index contributed by atoms with van der Waals surface area (Å²) >= 11 is 0. The van der Waals surface area contributed by atoms with E-state index in [9.17, 15) is 14.0 Å². The Kier molecular flexibility index (Phi) is 2.67. The molecular weight excluding hydrogens is 261 g/mol. The number of anilines is 1. The van der Waals surface area contributed by atoms with Crippen LogP contribution in [0.3, 0.4) is 0 Å². The van der Waals surface area contributed by atoms with Gasteiger partial charge in [-0.25, -0.2) is 9.37 Å². The van der Waals surface area contributed by atoms with Gasteiger partial charge in [0.25, 0.3) is 11.7 Å². The number of imidazole rings is 1. The van der Waals surface area contributed by atoms with Gasteiger partial charge in [-0.2, -0.15) is 0 Å². The number of amides is 1. The first-order valence-corrected chi connectivity index (χ1v) is 6.11. The lowest BCUT2D eigenvalue weighted by Gasteiger charge is -2.16. The Labute approximate surface area is 114 Å². The lowest BCUT2D eigenvalue weighted by atomic mass is 10.1. The van der Waals surface area contributed by atoms with Crippen LogP contribution < -0.4 is 4.90 Å². The average molecular weight is 273 g/mol. The maximum atomic E-state index is 14.1. The largest absolute Gasteiger partial charge is 0.337 e. The molecule has 0 aliphatic carbocycles. The van der Waals surface area contributed by atoms with E-state index >= 15 is 0 Å². The standard InChI is InChI=1S/C14H12FN3O2/c1-8-5-9-12(10(15)6-8)18(14(20)13(9)19)7-11-16-3-4-17(11)2/h3-6H,7H2,1-2H3. The Hall–Kier alpha value is -2.50. The summed E-state index contributed by atoms with van der Waals surface area (Å²) in [4.78, 5) is 29.2. The zero-order valence-corrected chi connectivity index (χ0v) is 11.1. The van der Waals surface area contributed by atoms with Crippen molar-refractivity contribution in [1.82, 2.24) is 9.55 Å². The van der Waals surface area contributed by atoms with E-state index in [4.69, 9.17) is 0 Å². The van der Waals surface area contributed by atoms with Crippen molar-refractivity contribution in [2.75, 3.05) is 4.90 Å². The van der Waals surface area contributed by atoms with Gasteiger partial charge >= 0.3 is 0 Å². The van der Waals surface area contributed by atoms with Crippen LogP contribution in [-0.4, -0.2) is 21.2 Å². The molecule has 102 valence electrons. The molecule has 5 nitrogen and oxygen atoms in total. The summed E-state index contributed by atoms with van der Waals surface area (Å²) in [7, 11) is 1.77. The fourth-order valence-corrected chi connectivity index (χ4v) is 2.36. The minimum absolute atomic E-state index is 0.0496. The Morgan fingerprint density at radius 3 is 2.70 bits per heavy atom.